The van der Waals surface area contributed by atoms with Crippen LogP contribution in [0.3, 0.4) is 0 Å². The lowest BCUT2D eigenvalue weighted by molar-refractivity contribution is 0.107. The molecule has 0 aliphatic heterocycles. The fraction of sp³-hybridized carbons (Fsp3) is 0. The van der Waals surface area contributed by atoms with E-state index in [-0.39, 0.29) is 10.7 Å². The van der Waals surface area contributed by atoms with Crippen molar-refractivity contribution in [1.82, 2.24) is 4.98 Å². The van der Waals surface area contributed by atoms with E-state index in [1.807, 2.05) is 6.07 Å². The molecule has 1 heterocycles. The first-order chi connectivity index (χ1) is 8.08. The van der Waals surface area contributed by atoms with Crippen molar-refractivity contribution in [3.63, 3.8) is 0 Å². The Kier molecular flexibility index (Phi) is 3.67. The third-order valence-electron chi connectivity index (χ3n) is 2.15. The SMILES string of the molecule is O=C(Cl)c1nc(-c2cccc(Cl)c2)ccc1Cl. The Balaban J connectivity index is 2.54. The van der Waals surface area contributed by atoms with Gasteiger partial charge < -0.3 is 0 Å². The fourth-order valence-electron chi connectivity index (χ4n) is 1.39. The highest BCUT2D eigenvalue weighted by atomic mass is 35.5. The fourth-order valence-corrected chi connectivity index (χ4v) is 1.96. The van der Waals surface area contributed by atoms with Gasteiger partial charge in [0, 0.05) is 10.6 Å². The van der Waals surface area contributed by atoms with Crippen LogP contribution in [-0.4, -0.2) is 10.2 Å². The van der Waals surface area contributed by atoms with Crippen molar-refractivity contribution in [3.05, 3.63) is 52.1 Å². The summed E-state index contributed by atoms with van der Waals surface area (Å²) in [5.74, 6) is 0. The molecule has 0 aliphatic carbocycles. The van der Waals surface area contributed by atoms with Gasteiger partial charge in [-0.3, -0.25) is 4.79 Å². The number of pyridine rings is 1. The van der Waals surface area contributed by atoms with Crippen molar-refractivity contribution >= 4 is 40.0 Å². The minimum atomic E-state index is -0.682. The average molecular weight is 287 g/mol. The number of nitrogens with zero attached hydrogens (tertiary/aromatic N) is 1. The van der Waals surface area contributed by atoms with Gasteiger partial charge in [0.2, 0.25) is 0 Å². The normalized spacial score (nSPS) is 10.3. The Hall–Kier alpha value is -1.09. The predicted octanol–water partition coefficient (Wildman–Crippen LogP) is 4.43. The number of halogens is 3. The molecule has 0 saturated heterocycles. The molecule has 17 heavy (non-hydrogen) atoms. The number of aromatic nitrogens is 1. The zero-order chi connectivity index (χ0) is 12.4. The summed E-state index contributed by atoms with van der Waals surface area (Å²) in [6.07, 6.45) is 0. The van der Waals surface area contributed by atoms with Gasteiger partial charge in [0.25, 0.3) is 5.24 Å². The van der Waals surface area contributed by atoms with Crippen molar-refractivity contribution < 1.29 is 4.79 Å². The second-order valence-corrected chi connectivity index (χ2v) is 4.50. The molecule has 0 fully saturated rings. The molecule has 86 valence electrons. The van der Waals surface area contributed by atoms with E-state index in [4.69, 9.17) is 34.8 Å². The van der Waals surface area contributed by atoms with E-state index in [2.05, 4.69) is 4.98 Å². The van der Waals surface area contributed by atoms with Gasteiger partial charge in [0.1, 0.15) is 5.69 Å². The minimum absolute atomic E-state index is 0.0470. The van der Waals surface area contributed by atoms with Gasteiger partial charge in [-0.1, -0.05) is 35.3 Å². The van der Waals surface area contributed by atoms with Gasteiger partial charge in [-0.25, -0.2) is 4.98 Å². The van der Waals surface area contributed by atoms with Crippen LogP contribution in [0.1, 0.15) is 10.5 Å². The Morgan fingerprint density at radius 2 is 1.88 bits per heavy atom. The maximum Gasteiger partial charge on any atom is 0.272 e. The van der Waals surface area contributed by atoms with Gasteiger partial charge in [-0.15, -0.1) is 0 Å². The smallest absolute Gasteiger partial charge is 0.272 e. The molecule has 0 atom stereocenters. The van der Waals surface area contributed by atoms with Crippen LogP contribution < -0.4 is 0 Å². The lowest BCUT2D eigenvalue weighted by Crippen LogP contribution is -1.97. The average Bonchev–Trinajstić information content (AvgIpc) is 2.29. The topological polar surface area (TPSA) is 30.0 Å². The van der Waals surface area contributed by atoms with E-state index in [0.29, 0.717) is 10.7 Å². The van der Waals surface area contributed by atoms with Crippen LogP contribution in [0.4, 0.5) is 0 Å². The van der Waals surface area contributed by atoms with Gasteiger partial charge in [-0.05, 0) is 35.9 Å². The first-order valence-electron chi connectivity index (χ1n) is 4.70. The number of carbonyl (C=O) groups is 1. The van der Waals surface area contributed by atoms with Gasteiger partial charge in [-0.2, -0.15) is 0 Å². The first-order valence-corrected chi connectivity index (χ1v) is 5.83. The Bertz CT molecular complexity index is 584. The summed E-state index contributed by atoms with van der Waals surface area (Å²) >= 11 is 17.1. The molecule has 2 aromatic rings. The van der Waals surface area contributed by atoms with E-state index in [1.54, 1.807) is 30.3 Å². The highest BCUT2D eigenvalue weighted by Gasteiger charge is 2.11. The quantitative estimate of drug-likeness (QED) is 0.764. The zero-order valence-corrected chi connectivity index (χ0v) is 10.7. The van der Waals surface area contributed by atoms with Crippen molar-refractivity contribution in [3.8, 4) is 11.3 Å². The molecule has 5 heteroatoms. The van der Waals surface area contributed by atoms with Crippen LogP contribution in [0.15, 0.2) is 36.4 Å². The van der Waals surface area contributed by atoms with Crippen LogP contribution in [0.25, 0.3) is 11.3 Å². The van der Waals surface area contributed by atoms with E-state index in [1.165, 1.54) is 0 Å². The standard InChI is InChI=1S/C12H6Cl3NO/c13-8-3-1-2-7(6-8)10-5-4-9(14)11(16-10)12(15)17/h1-6H. The van der Waals surface area contributed by atoms with Crippen molar-refractivity contribution in [1.29, 1.82) is 0 Å². The van der Waals surface area contributed by atoms with Crippen LogP contribution in [0.2, 0.25) is 10.0 Å². The molecule has 0 bridgehead atoms. The Labute approximate surface area is 113 Å². The highest BCUT2D eigenvalue weighted by Crippen LogP contribution is 2.24. The highest BCUT2D eigenvalue weighted by molar-refractivity contribution is 6.68. The molecule has 0 radical (unpaired) electrons. The Morgan fingerprint density at radius 3 is 2.53 bits per heavy atom. The van der Waals surface area contributed by atoms with Crippen molar-refractivity contribution in [2.24, 2.45) is 0 Å². The molecular weight excluding hydrogens is 280 g/mol. The van der Waals surface area contributed by atoms with Crippen LogP contribution in [0, 0.1) is 0 Å². The summed E-state index contributed by atoms with van der Waals surface area (Å²) in [6.45, 7) is 0. The zero-order valence-electron chi connectivity index (χ0n) is 8.45. The number of hydrogen-bond acceptors (Lipinski definition) is 2. The number of rotatable bonds is 2. The van der Waals surface area contributed by atoms with Crippen molar-refractivity contribution in [2.75, 3.05) is 0 Å². The summed E-state index contributed by atoms with van der Waals surface area (Å²) in [5, 5.41) is 0.146. The monoisotopic (exact) mass is 285 g/mol. The molecule has 1 aromatic heterocycles. The van der Waals surface area contributed by atoms with E-state index < -0.39 is 5.24 Å². The lowest BCUT2D eigenvalue weighted by atomic mass is 10.1. The molecule has 0 spiro atoms. The van der Waals surface area contributed by atoms with Crippen LogP contribution >= 0.6 is 34.8 Å². The predicted molar refractivity (Wildman–Crippen MR) is 69.9 cm³/mol. The van der Waals surface area contributed by atoms with Gasteiger partial charge in [0.05, 0.1) is 10.7 Å². The Morgan fingerprint density at radius 1 is 1.12 bits per heavy atom. The van der Waals surface area contributed by atoms with Crippen molar-refractivity contribution in [2.45, 2.75) is 0 Å². The summed E-state index contributed by atoms with van der Waals surface area (Å²) < 4.78 is 0. The molecule has 0 aliphatic rings. The van der Waals surface area contributed by atoms with Crippen LogP contribution in [0.5, 0.6) is 0 Å². The van der Waals surface area contributed by atoms with Crippen LogP contribution in [-0.2, 0) is 0 Å². The van der Waals surface area contributed by atoms with E-state index in [9.17, 15) is 4.79 Å². The second kappa shape index (κ2) is 5.05. The molecule has 2 nitrogen and oxygen atoms in total. The number of carbonyl (C=O) groups excluding carboxylic acids is 1. The third kappa shape index (κ3) is 2.78. The minimum Gasteiger partial charge on any atom is -0.274 e. The molecule has 0 saturated carbocycles. The first kappa shape index (κ1) is 12.4. The third-order valence-corrected chi connectivity index (χ3v) is 2.87. The summed E-state index contributed by atoms with van der Waals surface area (Å²) in [5.41, 5.74) is 1.44. The number of hydrogen-bond donors (Lipinski definition) is 0. The maximum atomic E-state index is 11.1. The summed E-state index contributed by atoms with van der Waals surface area (Å²) in [6, 6.07) is 10.4. The van der Waals surface area contributed by atoms with Gasteiger partial charge in [0.15, 0.2) is 0 Å². The molecule has 0 unspecified atom stereocenters. The van der Waals surface area contributed by atoms with E-state index in [0.717, 1.165) is 5.56 Å². The largest absolute Gasteiger partial charge is 0.274 e. The lowest BCUT2D eigenvalue weighted by Gasteiger charge is -2.04. The summed E-state index contributed by atoms with van der Waals surface area (Å²) in [7, 11) is 0. The number of benzene rings is 1. The second-order valence-electron chi connectivity index (χ2n) is 3.31. The molecule has 0 N–H and O–H groups in total. The molecule has 2 rings (SSSR count). The molecule has 1 aromatic carbocycles. The molecule has 0 amide bonds. The summed E-state index contributed by atoms with van der Waals surface area (Å²) in [4.78, 5) is 15.2. The molecular formula is C12H6Cl3NO. The van der Waals surface area contributed by atoms with E-state index >= 15 is 0 Å². The van der Waals surface area contributed by atoms with Gasteiger partial charge >= 0.3 is 0 Å². The maximum absolute atomic E-state index is 11.1.